The topological polar surface area (TPSA) is 101 Å². The predicted molar refractivity (Wildman–Crippen MR) is 81.6 cm³/mol. The molecule has 1 atom stereocenters. The van der Waals surface area contributed by atoms with Crippen molar-refractivity contribution in [2.75, 3.05) is 19.3 Å². The molecule has 0 bridgehead atoms. The standard InChI is InChI=1S/C13H21N3O4S/c1-3-5-13(14-8-9-15-21(2,19)20)11-6-4-7-12(10-11)16(17)18/h4,6-7,10,13-15H,3,5,8-9H2,1-2H3. The van der Waals surface area contributed by atoms with Gasteiger partial charge in [-0.15, -0.1) is 0 Å². The summed E-state index contributed by atoms with van der Waals surface area (Å²) in [6.07, 6.45) is 2.84. The van der Waals surface area contributed by atoms with Crippen molar-refractivity contribution < 1.29 is 13.3 Å². The van der Waals surface area contributed by atoms with Crippen LogP contribution in [0.25, 0.3) is 0 Å². The van der Waals surface area contributed by atoms with E-state index in [0.29, 0.717) is 6.54 Å². The zero-order valence-electron chi connectivity index (χ0n) is 12.2. The summed E-state index contributed by atoms with van der Waals surface area (Å²) in [6, 6.07) is 6.47. The van der Waals surface area contributed by atoms with E-state index in [2.05, 4.69) is 10.0 Å². The molecule has 0 aliphatic rings. The highest BCUT2D eigenvalue weighted by Gasteiger charge is 2.14. The van der Waals surface area contributed by atoms with E-state index >= 15 is 0 Å². The summed E-state index contributed by atoms with van der Waals surface area (Å²) in [4.78, 5) is 10.4. The van der Waals surface area contributed by atoms with Crippen LogP contribution in [0, 0.1) is 10.1 Å². The van der Waals surface area contributed by atoms with Crippen molar-refractivity contribution in [3.63, 3.8) is 0 Å². The van der Waals surface area contributed by atoms with Gasteiger partial charge in [0.15, 0.2) is 0 Å². The minimum atomic E-state index is -3.20. The zero-order chi connectivity index (χ0) is 15.9. The van der Waals surface area contributed by atoms with Gasteiger partial charge >= 0.3 is 0 Å². The molecule has 0 saturated heterocycles. The fourth-order valence-corrected chi connectivity index (χ4v) is 2.49. The Balaban J connectivity index is 2.68. The summed E-state index contributed by atoms with van der Waals surface area (Å²) >= 11 is 0. The van der Waals surface area contributed by atoms with Gasteiger partial charge in [-0.3, -0.25) is 10.1 Å². The third-order valence-corrected chi connectivity index (χ3v) is 3.67. The fraction of sp³-hybridized carbons (Fsp3) is 0.538. The molecule has 118 valence electrons. The lowest BCUT2D eigenvalue weighted by Crippen LogP contribution is -2.33. The average Bonchev–Trinajstić information content (AvgIpc) is 2.41. The Morgan fingerprint density at radius 3 is 2.62 bits per heavy atom. The van der Waals surface area contributed by atoms with Gasteiger partial charge in [0, 0.05) is 31.3 Å². The molecule has 1 unspecified atom stereocenters. The zero-order valence-corrected chi connectivity index (χ0v) is 13.0. The lowest BCUT2D eigenvalue weighted by molar-refractivity contribution is -0.384. The smallest absolute Gasteiger partial charge is 0.269 e. The van der Waals surface area contributed by atoms with Gasteiger partial charge in [0.25, 0.3) is 5.69 Å². The average molecular weight is 315 g/mol. The Labute approximate surface area is 124 Å². The van der Waals surface area contributed by atoms with Crippen LogP contribution in [-0.2, 0) is 10.0 Å². The van der Waals surface area contributed by atoms with E-state index in [1.165, 1.54) is 6.07 Å². The molecule has 0 heterocycles. The van der Waals surface area contributed by atoms with Gasteiger partial charge < -0.3 is 5.32 Å². The maximum atomic E-state index is 11.0. The van der Waals surface area contributed by atoms with Gasteiger partial charge in [0.05, 0.1) is 11.2 Å². The Bertz CT molecular complexity index is 575. The van der Waals surface area contributed by atoms with Crippen LogP contribution in [0.15, 0.2) is 24.3 Å². The van der Waals surface area contributed by atoms with Crippen LogP contribution in [0.3, 0.4) is 0 Å². The molecule has 1 aromatic carbocycles. The molecule has 0 aliphatic heterocycles. The number of hydrogen-bond donors (Lipinski definition) is 2. The maximum absolute atomic E-state index is 11.0. The molecule has 0 spiro atoms. The van der Waals surface area contributed by atoms with Crippen LogP contribution in [0.2, 0.25) is 0 Å². The first-order valence-corrected chi connectivity index (χ1v) is 8.65. The molecule has 1 rings (SSSR count). The van der Waals surface area contributed by atoms with Crippen molar-refractivity contribution in [2.24, 2.45) is 0 Å². The van der Waals surface area contributed by atoms with Gasteiger partial charge in [-0.1, -0.05) is 25.5 Å². The van der Waals surface area contributed by atoms with Crippen LogP contribution < -0.4 is 10.0 Å². The fourth-order valence-electron chi connectivity index (χ4n) is 2.01. The van der Waals surface area contributed by atoms with Gasteiger partial charge in [-0.25, -0.2) is 13.1 Å². The highest BCUT2D eigenvalue weighted by Crippen LogP contribution is 2.22. The largest absolute Gasteiger partial charge is 0.309 e. The van der Waals surface area contributed by atoms with E-state index in [1.807, 2.05) is 13.0 Å². The van der Waals surface area contributed by atoms with Crippen molar-refractivity contribution in [3.05, 3.63) is 39.9 Å². The van der Waals surface area contributed by atoms with Gasteiger partial charge in [0.2, 0.25) is 10.0 Å². The van der Waals surface area contributed by atoms with Crippen LogP contribution in [-0.4, -0.2) is 32.7 Å². The third-order valence-electron chi connectivity index (χ3n) is 2.94. The maximum Gasteiger partial charge on any atom is 0.269 e. The van der Waals surface area contributed by atoms with E-state index in [4.69, 9.17) is 0 Å². The molecular formula is C13H21N3O4S. The van der Waals surface area contributed by atoms with Crippen LogP contribution in [0.4, 0.5) is 5.69 Å². The minimum absolute atomic E-state index is 0.0312. The van der Waals surface area contributed by atoms with Gasteiger partial charge in [-0.2, -0.15) is 0 Å². The normalized spacial score (nSPS) is 13.0. The molecule has 0 fully saturated rings. The molecule has 0 radical (unpaired) electrons. The summed E-state index contributed by atoms with van der Waals surface area (Å²) in [5.41, 5.74) is 0.898. The van der Waals surface area contributed by atoms with E-state index in [9.17, 15) is 18.5 Å². The van der Waals surface area contributed by atoms with E-state index < -0.39 is 14.9 Å². The molecule has 0 aromatic heterocycles. The summed E-state index contributed by atoms with van der Waals surface area (Å²) < 4.78 is 24.4. The lowest BCUT2D eigenvalue weighted by Gasteiger charge is -2.18. The molecule has 0 saturated carbocycles. The Hall–Kier alpha value is -1.51. The molecular weight excluding hydrogens is 294 g/mol. The number of rotatable bonds is 9. The van der Waals surface area contributed by atoms with Crippen molar-refractivity contribution in [1.29, 1.82) is 0 Å². The quantitative estimate of drug-likeness (QED) is 0.409. The molecule has 2 N–H and O–H groups in total. The van der Waals surface area contributed by atoms with Crippen molar-refractivity contribution in [1.82, 2.24) is 10.0 Å². The highest BCUT2D eigenvalue weighted by atomic mass is 32.2. The second-order valence-corrected chi connectivity index (χ2v) is 6.65. The van der Waals surface area contributed by atoms with E-state index in [-0.39, 0.29) is 18.3 Å². The van der Waals surface area contributed by atoms with Gasteiger partial charge in [0.1, 0.15) is 0 Å². The highest BCUT2D eigenvalue weighted by molar-refractivity contribution is 7.88. The number of nitro benzene ring substituents is 1. The number of non-ortho nitro benzene ring substituents is 1. The summed E-state index contributed by atoms with van der Waals surface area (Å²) in [5.74, 6) is 0. The number of nitro groups is 1. The first-order chi connectivity index (χ1) is 9.83. The SMILES string of the molecule is CCCC(NCCNS(C)(=O)=O)c1cccc([N+](=O)[O-])c1. The van der Waals surface area contributed by atoms with Crippen LogP contribution >= 0.6 is 0 Å². The lowest BCUT2D eigenvalue weighted by atomic mass is 10.0. The predicted octanol–water partition coefficient (Wildman–Crippen LogP) is 1.57. The van der Waals surface area contributed by atoms with Gasteiger partial charge in [-0.05, 0) is 12.0 Å². The number of nitrogens with one attached hydrogen (secondary N) is 2. The Morgan fingerprint density at radius 1 is 1.33 bits per heavy atom. The first-order valence-electron chi connectivity index (χ1n) is 6.76. The summed E-state index contributed by atoms with van der Waals surface area (Å²) in [6.45, 7) is 2.77. The number of benzene rings is 1. The summed E-state index contributed by atoms with van der Waals surface area (Å²) in [5, 5.41) is 14.0. The molecule has 8 heteroatoms. The number of hydrogen-bond acceptors (Lipinski definition) is 5. The Morgan fingerprint density at radius 2 is 2.05 bits per heavy atom. The van der Waals surface area contributed by atoms with Crippen LogP contribution in [0.1, 0.15) is 31.4 Å². The molecule has 0 aliphatic carbocycles. The monoisotopic (exact) mass is 315 g/mol. The van der Waals surface area contributed by atoms with Crippen molar-refractivity contribution in [3.8, 4) is 0 Å². The number of sulfonamides is 1. The third kappa shape index (κ3) is 6.65. The molecule has 1 aromatic rings. The number of nitrogens with zero attached hydrogens (tertiary/aromatic N) is 1. The second-order valence-electron chi connectivity index (χ2n) is 4.81. The summed E-state index contributed by atoms with van der Waals surface area (Å²) in [7, 11) is -3.20. The molecule has 7 nitrogen and oxygen atoms in total. The van der Waals surface area contributed by atoms with Crippen LogP contribution in [0.5, 0.6) is 0 Å². The molecule has 0 amide bonds. The Kier molecular flexibility index (Phi) is 6.73. The minimum Gasteiger partial charge on any atom is -0.309 e. The second kappa shape index (κ2) is 8.06. The van der Waals surface area contributed by atoms with Crippen molar-refractivity contribution in [2.45, 2.75) is 25.8 Å². The van der Waals surface area contributed by atoms with E-state index in [0.717, 1.165) is 24.7 Å². The molecule has 21 heavy (non-hydrogen) atoms. The van der Waals surface area contributed by atoms with E-state index in [1.54, 1.807) is 12.1 Å². The first kappa shape index (κ1) is 17.5. The van der Waals surface area contributed by atoms with Crippen molar-refractivity contribution >= 4 is 15.7 Å².